The van der Waals surface area contributed by atoms with E-state index < -0.39 is 12.6 Å². The minimum Gasteiger partial charge on any atom is -0.454 e. The minimum atomic E-state index is -0.729. The quantitative estimate of drug-likeness (QED) is 0.296. The molecule has 6 heteroatoms. The van der Waals surface area contributed by atoms with E-state index in [1.807, 2.05) is 19.9 Å². The van der Waals surface area contributed by atoms with E-state index in [2.05, 4.69) is 12.2 Å². The summed E-state index contributed by atoms with van der Waals surface area (Å²) in [6.07, 6.45) is 5.33. The number of ketones is 1. The van der Waals surface area contributed by atoms with Crippen LogP contribution in [-0.4, -0.2) is 30.2 Å². The second kappa shape index (κ2) is 7.49. The normalized spacial score (nSPS) is 30.2. The fraction of sp³-hybridized carbons (Fsp3) is 0.357. The molecule has 1 aliphatic heterocycles. The van der Waals surface area contributed by atoms with Gasteiger partial charge < -0.3 is 4.74 Å². The van der Waals surface area contributed by atoms with E-state index in [-0.39, 0.29) is 52.5 Å². The molecule has 172 valence electrons. The van der Waals surface area contributed by atoms with Crippen LogP contribution in [0.15, 0.2) is 54.6 Å². The van der Waals surface area contributed by atoms with Gasteiger partial charge in [-0.05, 0) is 73.3 Å². The minimum absolute atomic E-state index is 0.108. The van der Waals surface area contributed by atoms with E-state index in [1.54, 1.807) is 30.3 Å². The zero-order valence-corrected chi connectivity index (χ0v) is 19.1. The van der Waals surface area contributed by atoms with Crippen LogP contribution in [0, 0.1) is 49.4 Å². The summed E-state index contributed by atoms with van der Waals surface area (Å²) in [5.74, 6) is -0.968. The van der Waals surface area contributed by atoms with E-state index in [4.69, 9.17) is 4.74 Å². The van der Waals surface area contributed by atoms with Gasteiger partial charge in [-0.15, -0.1) is 0 Å². The molecule has 34 heavy (non-hydrogen) atoms. The molecule has 6 nitrogen and oxygen atoms in total. The van der Waals surface area contributed by atoms with Crippen LogP contribution in [0.25, 0.3) is 0 Å². The maximum Gasteiger partial charge on any atom is 0.340 e. The third kappa shape index (κ3) is 3.01. The number of benzene rings is 2. The van der Waals surface area contributed by atoms with Gasteiger partial charge in [0.1, 0.15) is 0 Å². The fourth-order valence-corrected chi connectivity index (χ4v) is 6.24. The van der Waals surface area contributed by atoms with Crippen molar-refractivity contribution in [1.82, 2.24) is 0 Å². The number of carbonyl (C=O) groups excluding carboxylic acids is 4. The first-order valence-electron chi connectivity index (χ1n) is 11.8. The summed E-state index contributed by atoms with van der Waals surface area (Å²) in [6, 6.07) is 11.8. The van der Waals surface area contributed by atoms with Gasteiger partial charge in [-0.1, -0.05) is 36.4 Å². The molecule has 0 unspecified atom stereocenters. The van der Waals surface area contributed by atoms with Crippen LogP contribution in [0.3, 0.4) is 0 Å². The number of aryl methyl sites for hydroxylation is 2. The Morgan fingerprint density at radius 2 is 1.56 bits per heavy atom. The molecule has 0 N–H and O–H groups in total. The van der Waals surface area contributed by atoms with E-state index in [0.717, 1.165) is 17.5 Å². The van der Waals surface area contributed by atoms with Crippen LogP contribution in [0.1, 0.15) is 38.3 Å². The highest BCUT2D eigenvalue weighted by molar-refractivity contribution is 6.24. The standard InChI is InChI=1S/C28H25NO5/c1-14-7-8-16(11-15(14)2)23(30)13-34-28(33)19-5-3-4-6-22(19)29-26(31)24-17-9-10-18(21-12-20(17)21)25(24)27(29)32/h3-11,17-18,20-21,24-25H,12-13H2,1-2H3/t17-,18-,20-,21+,24+,25+/m0/s1. The van der Waals surface area contributed by atoms with Crippen LogP contribution < -0.4 is 4.90 Å². The molecule has 0 spiro atoms. The zero-order chi connectivity index (χ0) is 23.7. The number of ether oxygens (including phenoxy) is 1. The average Bonchev–Trinajstić information content (AvgIpc) is 3.62. The number of esters is 1. The van der Waals surface area contributed by atoms with Gasteiger partial charge in [0.05, 0.1) is 23.1 Å². The number of imide groups is 1. The molecule has 1 heterocycles. The molecule has 3 fully saturated rings. The van der Waals surface area contributed by atoms with E-state index in [9.17, 15) is 19.2 Å². The first kappa shape index (κ1) is 21.0. The second-order valence-electron chi connectivity index (χ2n) is 9.98. The van der Waals surface area contributed by atoms with Crippen molar-refractivity contribution < 1.29 is 23.9 Å². The van der Waals surface area contributed by atoms with Crippen LogP contribution >= 0.6 is 0 Å². The summed E-state index contributed by atoms with van der Waals surface area (Å²) in [4.78, 5) is 53.6. The van der Waals surface area contributed by atoms with Crippen LogP contribution in [0.5, 0.6) is 0 Å². The smallest absolute Gasteiger partial charge is 0.340 e. The van der Waals surface area contributed by atoms with Crippen molar-refractivity contribution in [2.45, 2.75) is 20.3 Å². The molecule has 2 amide bonds. The number of Topliss-reactive ketones (excluding diaryl/α,β-unsaturated/α-hetero) is 1. The Bertz CT molecular complexity index is 1260. The van der Waals surface area contributed by atoms with Gasteiger partial charge >= 0.3 is 5.97 Å². The zero-order valence-electron chi connectivity index (χ0n) is 19.1. The molecule has 6 atom stereocenters. The van der Waals surface area contributed by atoms with Crippen molar-refractivity contribution in [3.63, 3.8) is 0 Å². The lowest BCUT2D eigenvalue weighted by atomic mass is 9.63. The first-order chi connectivity index (χ1) is 16.4. The van der Waals surface area contributed by atoms with Crippen molar-refractivity contribution >= 4 is 29.3 Å². The Morgan fingerprint density at radius 3 is 2.21 bits per heavy atom. The maximum atomic E-state index is 13.5. The highest BCUT2D eigenvalue weighted by Gasteiger charge is 2.67. The van der Waals surface area contributed by atoms with Gasteiger partial charge in [-0.2, -0.15) is 0 Å². The van der Waals surface area contributed by atoms with Gasteiger partial charge in [0.2, 0.25) is 11.8 Å². The highest BCUT2D eigenvalue weighted by Crippen LogP contribution is 2.65. The average molecular weight is 456 g/mol. The second-order valence-corrected chi connectivity index (χ2v) is 9.98. The number of carbonyl (C=O) groups is 4. The van der Waals surface area contributed by atoms with Gasteiger partial charge in [-0.3, -0.25) is 14.4 Å². The van der Waals surface area contributed by atoms with Crippen molar-refractivity contribution in [3.05, 3.63) is 76.9 Å². The predicted octanol–water partition coefficient (Wildman–Crippen LogP) is 3.90. The van der Waals surface area contributed by atoms with Gasteiger partial charge in [-0.25, -0.2) is 9.69 Å². The Morgan fingerprint density at radius 1 is 0.912 bits per heavy atom. The fourth-order valence-electron chi connectivity index (χ4n) is 6.24. The van der Waals surface area contributed by atoms with E-state index in [0.29, 0.717) is 17.4 Å². The van der Waals surface area contributed by atoms with E-state index in [1.165, 1.54) is 11.0 Å². The van der Waals surface area contributed by atoms with Gasteiger partial charge in [0.25, 0.3) is 0 Å². The first-order valence-corrected chi connectivity index (χ1v) is 11.8. The van der Waals surface area contributed by atoms with Gasteiger partial charge in [0.15, 0.2) is 12.4 Å². The van der Waals surface area contributed by atoms with Crippen LogP contribution in [-0.2, 0) is 14.3 Å². The summed E-state index contributed by atoms with van der Waals surface area (Å²) in [5, 5.41) is 0. The lowest BCUT2D eigenvalue weighted by molar-refractivity contribution is -0.124. The number of hydrogen-bond acceptors (Lipinski definition) is 5. The Kier molecular flexibility index (Phi) is 4.63. The Labute approximate surface area is 197 Å². The highest BCUT2D eigenvalue weighted by atomic mass is 16.5. The van der Waals surface area contributed by atoms with Crippen molar-refractivity contribution in [1.29, 1.82) is 0 Å². The molecule has 2 aromatic rings. The lowest BCUT2D eigenvalue weighted by Crippen LogP contribution is -2.40. The number of rotatable bonds is 5. The molecule has 5 aliphatic rings. The molecule has 0 aromatic heterocycles. The van der Waals surface area contributed by atoms with Crippen LogP contribution in [0.4, 0.5) is 5.69 Å². The number of para-hydroxylation sites is 1. The number of amides is 2. The number of anilines is 1. The molecule has 0 radical (unpaired) electrons. The van der Waals surface area contributed by atoms with Crippen molar-refractivity contribution in [2.75, 3.05) is 11.5 Å². The molecular weight excluding hydrogens is 430 g/mol. The molecule has 4 aliphatic carbocycles. The summed E-state index contributed by atoms with van der Waals surface area (Å²) in [6.45, 7) is 3.46. The topological polar surface area (TPSA) is 80.8 Å². The maximum absolute atomic E-state index is 13.5. The number of hydrogen-bond donors (Lipinski definition) is 0. The molecule has 2 bridgehead atoms. The largest absolute Gasteiger partial charge is 0.454 e. The van der Waals surface area contributed by atoms with Crippen molar-refractivity contribution in [3.8, 4) is 0 Å². The molecule has 2 saturated carbocycles. The summed E-state index contributed by atoms with van der Waals surface area (Å²) in [7, 11) is 0. The van der Waals surface area contributed by atoms with E-state index >= 15 is 0 Å². The Balaban J connectivity index is 1.23. The monoisotopic (exact) mass is 455 g/mol. The molecule has 1 saturated heterocycles. The summed E-state index contributed by atoms with van der Waals surface area (Å²) < 4.78 is 5.33. The predicted molar refractivity (Wildman–Crippen MR) is 124 cm³/mol. The number of allylic oxidation sites excluding steroid dienone is 2. The molecule has 7 rings (SSSR count). The van der Waals surface area contributed by atoms with Gasteiger partial charge in [0, 0.05) is 5.56 Å². The Hall–Kier alpha value is -3.54. The third-order valence-corrected chi connectivity index (χ3v) is 8.19. The van der Waals surface area contributed by atoms with Crippen molar-refractivity contribution in [2.24, 2.45) is 35.5 Å². The summed E-state index contributed by atoms with van der Waals surface area (Å²) in [5.41, 5.74) is 2.88. The SMILES string of the molecule is Cc1ccc(C(=O)COC(=O)c2ccccc2N2C(=O)[C@@H]3[C@H]4C=C[C@@H]([C@@H]5C[C@H]45)[C@H]3C2=O)cc1C. The molecule has 2 aromatic carbocycles. The molecular formula is C28H25NO5. The third-order valence-electron chi connectivity index (χ3n) is 8.19. The lowest BCUT2D eigenvalue weighted by Gasteiger charge is -2.37. The van der Waals surface area contributed by atoms with Crippen LogP contribution in [0.2, 0.25) is 0 Å². The summed E-state index contributed by atoms with van der Waals surface area (Å²) >= 11 is 0. The number of nitrogens with zero attached hydrogens (tertiary/aromatic N) is 1.